The molecule has 0 aromatic rings. The zero-order valence-corrected chi connectivity index (χ0v) is 24.4. The molecular formula is C21H42N2Si2Sn. The van der Waals surface area contributed by atoms with Crippen molar-refractivity contribution in [1.29, 1.82) is 0 Å². The first kappa shape index (κ1) is 24.3. The van der Waals surface area contributed by atoms with Crippen LogP contribution >= 0.6 is 0 Å². The van der Waals surface area contributed by atoms with Crippen LogP contribution in [-0.2, 0) is 0 Å². The van der Waals surface area contributed by atoms with Crippen LogP contribution in [-0.4, -0.2) is 65.5 Å². The molecule has 0 atom stereocenters. The molecule has 0 N–H and O–H groups in total. The van der Waals surface area contributed by atoms with Crippen LogP contribution in [0.4, 0.5) is 0 Å². The standard InChI is InChI=1S/C11H24N2.2C5H9Si.Sn/c1-10(2,3)12-8-7-9-13-11(4,5)6;2*1-5-6(2,3)4;/h7-9H2,1-6H3;2*2-4H3;/q-2;;;+2. The molecule has 0 saturated carbocycles. The molecule has 0 bridgehead atoms. The third-order valence-corrected chi connectivity index (χ3v) is 19.8. The van der Waals surface area contributed by atoms with E-state index in [2.05, 4.69) is 106 Å². The van der Waals surface area contributed by atoms with Crippen molar-refractivity contribution in [2.75, 3.05) is 13.1 Å². The van der Waals surface area contributed by atoms with Crippen LogP contribution in [0.1, 0.15) is 48.0 Å². The summed E-state index contributed by atoms with van der Waals surface area (Å²) >= 11 is -3.40. The molecular weight excluding hydrogens is 455 g/mol. The van der Waals surface area contributed by atoms with Crippen LogP contribution in [0.15, 0.2) is 0 Å². The van der Waals surface area contributed by atoms with Gasteiger partial charge in [0.2, 0.25) is 0 Å². The minimum atomic E-state index is -3.40. The van der Waals surface area contributed by atoms with E-state index < -0.39 is 35.1 Å². The van der Waals surface area contributed by atoms with Gasteiger partial charge in [0, 0.05) is 0 Å². The van der Waals surface area contributed by atoms with Gasteiger partial charge in [0.1, 0.15) is 0 Å². The van der Waals surface area contributed by atoms with Gasteiger partial charge in [-0.1, -0.05) is 0 Å². The van der Waals surface area contributed by atoms with Crippen LogP contribution in [0.25, 0.3) is 0 Å². The summed E-state index contributed by atoms with van der Waals surface area (Å²) in [5, 5.41) is 0. The Kier molecular flexibility index (Phi) is 7.43. The van der Waals surface area contributed by atoms with Gasteiger partial charge in [-0.3, -0.25) is 0 Å². The molecule has 1 rings (SSSR count). The van der Waals surface area contributed by atoms with E-state index in [0.717, 1.165) is 13.1 Å². The second-order valence-corrected chi connectivity index (χ2v) is 29.5. The van der Waals surface area contributed by atoms with E-state index in [1.54, 1.807) is 0 Å². The van der Waals surface area contributed by atoms with Crippen LogP contribution in [0.2, 0.25) is 39.3 Å². The maximum absolute atomic E-state index is 3.98. The summed E-state index contributed by atoms with van der Waals surface area (Å²) in [6.07, 6.45) is 1.22. The number of nitrogens with zero attached hydrogens (tertiary/aromatic N) is 2. The fourth-order valence-corrected chi connectivity index (χ4v) is 24.7. The van der Waals surface area contributed by atoms with Gasteiger partial charge in [-0.25, -0.2) is 0 Å². The van der Waals surface area contributed by atoms with E-state index in [0.29, 0.717) is 0 Å². The Labute approximate surface area is 171 Å². The van der Waals surface area contributed by atoms with Gasteiger partial charge in [-0.05, 0) is 0 Å². The minimum absolute atomic E-state index is 0.113. The van der Waals surface area contributed by atoms with Crippen molar-refractivity contribution in [3.63, 3.8) is 0 Å². The maximum atomic E-state index is 3.98. The van der Waals surface area contributed by atoms with Gasteiger partial charge in [-0.2, -0.15) is 0 Å². The zero-order chi connectivity index (χ0) is 20.6. The molecule has 0 aromatic carbocycles. The van der Waals surface area contributed by atoms with E-state index >= 15 is 0 Å². The van der Waals surface area contributed by atoms with Gasteiger partial charge < -0.3 is 0 Å². The van der Waals surface area contributed by atoms with Crippen molar-refractivity contribution < 1.29 is 0 Å². The monoisotopic (exact) mass is 498 g/mol. The van der Waals surface area contributed by atoms with Crippen LogP contribution in [0.3, 0.4) is 0 Å². The quantitative estimate of drug-likeness (QED) is 0.348. The molecule has 0 spiro atoms. The van der Waals surface area contributed by atoms with E-state index in [9.17, 15) is 0 Å². The molecule has 1 fully saturated rings. The fraction of sp³-hybridized carbons (Fsp3) is 0.810. The molecule has 1 heterocycles. The SMILES string of the molecule is CC(C)(C)[N]1CCC[N](C(C)(C)C)[Sn]1([C]#C[Si](C)(C)C)[C]#C[Si](C)(C)C. The summed E-state index contributed by atoms with van der Waals surface area (Å²) in [7, 11) is -2.92. The third-order valence-electron chi connectivity index (χ3n) is 4.39. The molecule has 0 unspecified atom stereocenters. The van der Waals surface area contributed by atoms with Gasteiger partial charge >= 0.3 is 172 Å². The fourth-order valence-electron chi connectivity index (χ4n) is 3.35. The van der Waals surface area contributed by atoms with Crippen molar-refractivity contribution in [2.24, 2.45) is 0 Å². The molecule has 1 aliphatic heterocycles. The van der Waals surface area contributed by atoms with Crippen molar-refractivity contribution in [1.82, 2.24) is 6.24 Å². The van der Waals surface area contributed by atoms with Crippen LogP contribution in [0, 0.1) is 19.0 Å². The van der Waals surface area contributed by atoms with Gasteiger partial charge in [-0.15, -0.1) is 0 Å². The molecule has 0 aliphatic carbocycles. The number of rotatable bonds is 0. The molecule has 5 heteroatoms. The first-order chi connectivity index (χ1) is 11.4. The predicted octanol–water partition coefficient (Wildman–Crippen LogP) is 4.87. The van der Waals surface area contributed by atoms with Crippen LogP contribution in [0.5, 0.6) is 0 Å². The van der Waals surface area contributed by atoms with E-state index in [4.69, 9.17) is 0 Å². The summed E-state index contributed by atoms with van der Waals surface area (Å²) in [4.78, 5) is 0. The average molecular weight is 497 g/mol. The summed E-state index contributed by atoms with van der Waals surface area (Å²) in [5.41, 5.74) is 7.80. The summed E-state index contributed by atoms with van der Waals surface area (Å²) < 4.78 is 13.5. The molecule has 0 amide bonds. The first-order valence-corrected chi connectivity index (χ1v) is 22.4. The number of hydrogen-bond donors (Lipinski definition) is 0. The molecule has 1 aliphatic rings. The Morgan fingerprint density at radius 3 is 1.19 bits per heavy atom. The Bertz CT molecular complexity index is 566. The molecule has 148 valence electrons. The molecule has 26 heavy (non-hydrogen) atoms. The van der Waals surface area contributed by atoms with Gasteiger partial charge in [0.25, 0.3) is 0 Å². The topological polar surface area (TPSA) is 6.48 Å². The van der Waals surface area contributed by atoms with Crippen molar-refractivity contribution in [3.8, 4) is 19.0 Å². The summed E-state index contributed by atoms with van der Waals surface area (Å²) in [5.74, 6) is 0. The van der Waals surface area contributed by atoms with Crippen molar-refractivity contribution >= 4 is 35.1 Å². The average Bonchev–Trinajstić information content (AvgIpc) is 2.39. The third kappa shape index (κ3) is 6.71. The Morgan fingerprint density at radius 2 is 0.962 bits per heavy atom. The van der Waals surface area contributed by atoms with E-state index in [1.807, 2.05) is 0 Å². The van der Waals surface area contributed by atoms with Gasteiger partial charge in [0.15, 0.2) is 0 Å². The van der Waals surface area contributed by atoms with Crippen molar-refractivity contribution in [2.45, 2.75) is 98.3 Å². The summed E-state index contributed by atoms with van der Waals surface area (Å²) in [6.45, 7) is 30.6. The summed E-state index contributed by atoms with van der Waals surface area (Å²) in [6, 6.07) is 0. The van der Waals surface area contributed by atoms with Crippen LogP contribution < -0.4 is 0 Å². The normalized spacial score (nSPS) is 20.0. The number of hydrogen-bond acceptors (Lipinski definition) is 2. The Balaban J connectivity index is 3.80. The van der Waals surface area contributed by atoms with E-state index in [-0.39, 0.29) is 11.1 Å². The van der Waals surface area contributed by atoms with E-state index in [1.165, 1.54) is 6.42 Å². The second-order valence-electron chi connectivity index (χ2n) is 11.7. The molecule has 0 radical (unpaired) electrons. The Hall–Kier alpha value is 0.272. The second kappa shape index (κ2) is 7.95. The van der Waals surface area contributed by atoms with Gasteiger partial charge in [0.05, 0.1) is 0 Å². The zero-order valence-electron chi connectivity index (χ0n) is 19.5. The molecule has 0 aromatic heterocycles. The first-order valence-electron chi connectivity index (χ1n) is 10.0. The Morgan fingerprint density at radius 1 is 0.654 bits per heavy atom. The van der Waals surface area contributed by atoms with Crippen molar-refractivity contribution in [3.05, 3.63) is 0 Å². The predicted molar refractivity (Wildman–Crippen MR) is 126 cm³/mol. The molecule has 1 saturated heterocycles. The molecule has 2 nitrogen and oxygen atoms in total.